The number of carbonyl (C=O) groups is 1. The van der Waals surface area contributed by atoms with Crippen LogP contribution in [0.3, 0.4) is 0 Å². The fraction of sp³-hybridized carbons (Fsp3) is 0.333. The Morgan fingerprint density at radius 1 is 1.38 bits per heavy atom. The minimum absolute atomic E-state index is 0.139. The molecule has 3 aromatic rings. The number of amides is 1. The third-order valence-electron chi connectivity index (χ3n) is 4.37. The molecule has 1 fully saturated rings. The van der Waals surface area contributed by atoms with E-state index in [4.69, 9.17) is 4.74 Å². The molecule has 0 bridgehead atoms. The topological polar surface area (TPSA) is 71.9 Å². The lowest BCUT2D eigenvalue weighted by molar-refractivity contribution is 0.00401. The van der Waals surface area contributed by atoms with Crippen molar-refractivity contribution in [1.82, 2.24) is 14.8 Å². The number of fused-ring (bicyclic) bond motifs is 1. The molecule has 0 radical (unpaired) electrons. The van der Waals surface area contributed by atoms with Crippen LogP contribution in [-0.4, -0.2) is 33.4 Å². The highest BCUT2D eigenvalue weighted by Gasteiger charge is 2.15. The first-order valence-electron chi connectivity index (χ1n) is 8.30. The molecule has 1 unspecified atom stereocenters. The van der Waals surface area contributed by atoms with Gasteiger partial charge in [-0.3, -0.25) is 9.48 Å². The van der Waals surface area contributed by atoms with Crippen LogP contribution in [0.1, 0.15) is 29.6 Å². The van der Waals surface area contributed by atoms with E-state index >= 15 is 0 Å². The molecule has 2 N–H and O–H groups in total. The normalized spacial score (nSPS) is 17.9. The number of anilines is 1. The van der Waals surface area contributed by atoms with Crippen LogP contribution in [-0.2, 0) is 11.3 Å². The monoisotopic (exact) mass is 324 g/mol. The summed E-state index contributed by atoms with van der Waals surface area (Å²) in [7, 11) is 0. The quantitative estimate of drug-likeness (QED) is 0.774. The molecule has 1 aliphatic rings. The third kappa shape index (κ3) is 3.19. The Labute approximate surface area is 139 Å². The van der Waals surface area contributed by atoms with Crippen LogP contribution in [0.5, 0.6) is 0 Å². The van der Waals surface area contributed by atoms with Gasteiger partial charge in [0.25, 0.3) is 5.91 Å². The van der Waals surface area contributed by atoms with Gasteiger partial charge in [-0.15, -0.1) is 0 Å². The van der Waals surface area contributed by atoms with Crippen molar-refractivity contribution in [3.05, 3.63) is 48.4 Å². The molecule has 0 spiro atoms. The molecule has 124 valence electrons. The summed E-state index contributed by atoms with van der Waals surface area (Å²) >= 11 is 0. The lowest BCUT2D eigenvalue weighted by atomic mass is 10.1. The van der Waals surface area contributed by atoms with E-state index in [1.807, 2.05) is 41.3 Å². The highest BCUT2D eigenvalue weighted by atomic mass is 16.5. The first kappa shape index (κ1) is 15.0. The molecule has 24 heavy (non-hydrogen) atoms. The van der Waals surface area contributed by atoms with Crippen LogP contribution >= 0.6 is 0 Å². The Hall–Kier alpha value is -2.60. The van der Waals surface area contributed by atoms with Crippen molar-refractivity contribution in [2.45, 2.75) is 31.9 Å². The molecule has 6 heteroatoms. The summed E-state index contributed by atoms with van der Waals surface area (Å²) in [4.78, 5) is 15.5. The van der Waals surface area contributed by atoms with Crippen molar-refractivity contribution in [2.75, 3.05) is 11.9 Å². The number of carbonyl (C=O) groups excluding carboxylic acids is 1. The van der Waals surface area contributed by atoms with Crippen LogP contribution in [0.15, 0.2) is 42.9 Å². The molecule has 1 atom stereocenters. The van der Waals surface area contributed by atoms with E-state index in [0.29, 0.717) is 11.3 Å². The van der Waals surface area contributed by atoms with Gasteiger partial charge in [0.05, 0.1) is 24.5 Å². The molecular formula is C18H20N4O2. The summed E-state index contributed by atoms with van der Waals surface area (Å²) < 4.78 is 7.56. The number of hydrogen-bond donors (Lipinski definition) is 2. The fourth-order valence-corrected chi connectivity index (χ4v) is 3.08. The molecular weight excluding hydrogens is 304 g/mol. The Bertz CT molecular complexity index is 845. The molecule has 1 aliphatic heterocycles. The first-order chi connectivity index (χ1) is 11.8. The van der Waals surface area contributed by atoms with Crippen LogP contribution in [0, 0.1) is 0 Å². The Morgan fingerprint density at radius 2 is 2.33 bits per heavy atom. The van der Waals surface area contributed by atoms with Gasteiger partial charge in [-0.25, -0.2) is 0 Å². The number of aromatic amines is 1. The van der Waals surface area contributed by atoms with Crippen LogP contribution in [0.25, 0.3) is 10.9 Å². The molecule has 3 heterocycles. The second kappa shape index (κ2) is 6.49. The van der Waals surface area contributed by atoms with E-state index in [0.717, 1.165) is 36.9 Å². The van der Waals surface area contributed by atoms with E-state index in [-0.39, 0.29) is 12.0 Å². The number of H-pyrrole nitrogens is 1. The van der Waals surface area contributed by atoms with Gasteiger partial charge in [0.15, 0.2) is 0 Å². The van der Waals surface area contributed by atoms with E-state index in [9.17, 15) is 4.79 Å². The molecule has 1 amide bonds. The summed E-state index contributed by atoms with van der Waals surface area (Å²) in [5.41, 5.74) is 2.27. The number of hydrogen-bond acceptors (Lipinski definition) is 3. The van der Waals surface area contributed by atoms with Gasteiger partial charge in [0.2, 0.25) is 0 Å². The molecule has 4 rings (SSSR count). The summed E-state index contributed by atoms with van der Waals surface area (Å²) in [5, 5.41) is 8.30. The second-order valence-corrected chi connectivity index (χ2v) is 6.17. The summed E-state index contributed by atoms with van der Waals surface area (Å²) in [6, 6.07) is 7.59. The minimum atomic E-state index is -0.139. The third-order valence-corrected chi connectivity index (χ3v) is 4.37. The molecule has 1 saturated heterocycles. The van der Waals surface area contributed by atoms with Gasteiger partial charge in [-0.1, -0.05) is 6.07 Å². The van der Waals surface area contributed by atoms with Gasteiger partial charge in [0.1, 0.15) is 0 Å². The van der Waals surface area contributed by atoms with Crippen LogP contribution in [0.2, 0.25) is 0 Å². The van der Waals surface area contributed by atoms with Gasteiger partial charge in [0, 0.05) is 30.1 Å². The zero-order chi connectivity index (χ0) is 16.4. The molecule has 2 aromatic heterocycles. The lowest BCUT2D eigenvalue weighted by Gasteiger charge is -2.22. The van der Waals surface area contributed by atoms with Crippen LogP contribution in [0.4, 0.5) is 5.69 Å². The summed E-state index contributed by atoms with van der Waals surface area (Å²) in [5.74, 6) is -0.139. The van der Waals surface area contributed by atoms with E-state index in [2.05, 4.69) is 15.4 Å². The number of benzene rings is 1. The molecule has 1 aromatic carbocycles. The maximum absolute atomic E-state index is 12.4. The zero-order valence-corrected chi connectivity index (χ0v) is 13.4. The van der Waals surface area contributed by atoms with E-state index in [1.54, 1.807) is 6.20 Å². The molecule has 6 nitrogen and oxygen atoms in total. The smallest absolute Gasteiger partial charge is 0.255 e. The highest BCUT2D eigenvalue weighted by molar-refractivity contribution is 6.06. The Balaban J connectivity index is 1.41. The second-order valence-electron chi connectivity index (χ2n) is 6.17. The van der Waals surface area contributed by atoms with Gasteiger partial charge >= 0.3 is 0 Å². The predicted molar refractivity (Wildman–Crippen MR) is 92.1 cm³/mol. The van der Waals surface area contributed by atoms with Gasteiger partial charge < -0.3 is 15.0 Å². The van der Waals surface area contributed by atoms with Crippen molar-refractivity contribution >= 4 is 22.5 Å². The fourth-order valence-electron chi connectivity index (χ4n) is 3.08. The van der Waals surface area contributed by atoms with Crippen molar-refractivity contribution in [3.63, 3.8) is 0 Å². The van der Waals surface area contributed by atoms with Gasteiger partial charge in [-0.05, 0) is 42.8 Å². The lowest BCUT2D eigenvalue weighted by Crippen LogP contribution is -2.24. The van der Waals surface area contributed by atoms with E-state index in [1.165, 1.54) is 6.42 Å². The van der Waals surface area contributed by atoms with Crippen LogP contribution < -0.4 is 5.32 Å². The largest absolute Gasteiger partial charge is 0.376 e. The maximum Gasteiger partial charge on any atom is 0.255 e. The number of ether oxygens (including phenoxy) is 1. The minimum Gasteiger partial charge on any atom is -0.376 e. The zero-order valence-electron chi connectivity index (χ0n) is 13.4. The Kier molecular flexibility index (Phi) is 4.04. The summed E-state index contributed by atoms with van der Waals surface area (Å²) in [6.45, 7) is 1.56. The SMILES string of the molecule is O=C(Nc1cnn(CC2CCCCO2)c1)c1ccc2cc[nH]c2c1. The average molecular weight is 324 g/mol. The number of nitrogens with one attached hydrogen (secondary N) is 2. The molecule has 0 aliphatic carbocycles. The first-order valence-corrected chi connectivity index (χ1v) is 8.30. The van der Waals surface area contributed by atoms with Crippen molar-refractivity contribution in [3.8, 4) is 0 Å². The highest BCUT2D eigenvalue weighted by Crippen LogP contribution is 2.17. The van der Waals surface area contributed by atoms with Gasteiger partial charge in [-0.2, -0.15) is 5.10 Å². The standard InChI is InChI=1S/C18H20N4O2/c23-18(14-5-4-13-6-7-19-17(13)9-14)21-15-10-20-22(11-15)12-16-3-1-2-8-24-16/h4-7,9-11,16,19H,1-3,8,12H2,(H,21,23). The Morgan fingerprint density at radius 3 is 3.21 bits per heavy atom. The van der Waals surface area contributed by atoms with Crippen molar-refractivity contribution < 1.29 is 9.53 Å². The summed E-state index contributed by atoms with van der Waals surface area (Å²) in [6.07, 6.45) is 9.02. The maximum atomic E-state index is 12.4. The number of rotatable bonds is 4. The number of aromatic nitrogens is 3. The molecule has 0 saturated carbocycles. The predicted octanol–water partition coefficient (Wildman–Crippen LogP) is 3.19. The average Bonchev–Trinajstić information content (AvgIpc) is 3.24. The van der Waals surface area contributed by atoms with Crippen molar-refractivity contribution in [2.24, 2.45) is 0 Å². The van der Waals surface area contributed by atoms with Crippen molar-refractivity contribution in [1.29, 1.82) is 0 Å². The van der Waals surface area contributed by atoms with E-state index < -0.39 is 0 Å². The number of nitrogens with zero attached hydrogens (tertiary/aromatic N) is 2.